The third-order valence-electron chi connectivity index (χ3n) is 1.78. The van der Waals surface area contributed by atoms with Gasteiger partial charge in [0.2, 0.25) is 0 Å². The fraction of sp³-hybridized carbons (Fsp3) is 0.154. The lowest BCUT2D eigenvalue weighted by Crippen LogP contribution is -1.92. The van der Waals surface area contributed by atoms with E-state index < -0.39 is 0 Å². The quantitative estimate of drug-likeness (QED) is 0.484. The second-order valence-electron chi connectivity index (χ2n) is 2.87. The molecule has 0 atom stereocenters. The summed E-state index contributed by atoms with van der Waals surface area (Å²) >= 11 is 0. The van der Waals surface area contributed by atoms with Crippen LogP contribution in [0.2, 0.25) is 0 Å². The topological polar surface area (TPSA) is 17.1 Å². The molecule has 1 aromatic carbocycles. The standard InChI is InChI=1S/C13H12O/c1-3-13(11(2)14)10-9-12-7-5-4-6-8-12/h3-8H,1-2H3/b13-3+. The summed E-state index contributed by atoms with van der Waals surface area (Å²) in [6, 6.07) is 9.62. The van der Waals surface area contributed by atoms with Gasteiger partial charge in [0.25, 0.3) is 0 Å². The van der Waals surface area contributed by atoms with Crippen LogP contribution in [-0.4, -0.2) is 5.78 Å². The van der Waals surface area contributed by atoms with Crippen molar-refractivity contribution in [3.8, 4) is 11.8 Å². The molecular weight excluding hydrogens is 172 g/mol. The predicted molar refractivity (Wildman–Crippen MR) is 57.8 cm³/mol. The van der Waals surface area contributed by atoms with Gasteiger partial charge in [-0.1, -0.05) is 36.1 Å². The number of benzene rings is 1. The first-order valence-corrected chi connectivity index (χ1v) is 4.48. The van der Waals surface area contributed by atoms with Crippen LogP contribution in [0, 0.1) is 11.8 Å². The molecule has 0 aromatic heterocycles. The first-order valence-electron chi connectivity index (χ1n) is 4.48. The van der Waals surface area contributed by atoms with Crippen LogP contribution in [0.3, 0.4) is 0 Å². The average Bonchev–Trinajstić information content (AvgIpc) is 2.20. The largest absolute Gasteiger partial charge is 0.294 e. The Morgan fingerprint density at radius 3 is 2.43 bits per heavy atom. The number of carbonyl (C=O) groups is 1. The van der Waals surface area contributed by atoms with Gasteiger partial charge in [-0.3, -0.25) is 4.79 Å². The van der Waals surface area contributed by atoms with Gasteiger partial charge in [0, 0.05) is 5.56 Å². The first-order chi connectivity index (χ1) is 6.74. The molecule has 0 aliphatic carbocycles. The second-order valence-corrected chi connectivity index (χ2v) is 2.87. The molecular formula is C13H12O. The number of hydrogen-bond acceptors (Lipinski definition) is 1. The second kappa shape index (κ2) is 5.04. The van der Waals surface area contributed by atoms with Gasteiger partial charge >= 0.3 is 0 Å². The van der Waals surface area contributed by atoms with Crippen LogP contribution in [-0.2, 0) is 4.79 Å². The third-order valence-corrected chi connectivity index (χ3v) is 1.78. The van der Waals surface area contributed by atoms with E-state index in [4.69, 9.17) is 0 Å². The minimum Gasteiger partial charge on any atom is -0.294 e. The van der Waals surface area contributed by atoms with E-state index in [1.807, 2.05) is 37.3 Å². The monoisotopic (exact) mass is 184 g/mol. The van der Waals surface area contributed by atoms with Crippen LogP contribution >= 0.6 is 0 Å². The molecule has 0 bridgehead atoms. The number of ketones is 1. The van der Waals surface area contributed by atoms with Gasteiger partial charge in [0.15, 0.2) is 5.78 Å². The fourth-order valence-corrected chi connectivity index (χ4v) is 1.02. The molecule has 1 heteroatoms. The molecule has 0 aliphatic heterocycles. The molecule has 1 rings (SSSR count). The normalized spacial score (nSPS) is 10.3. The van der Waals surface area contributed by atoms with E-state index in [9.17, 15) is 4.79 Å². The maximum absolute atomic E-state index is 11.0. The number of Topliss-reactive ketones (excluding diaryl/α,β-unsaturated/α-hetero) is 1. The van der Waals surface area contributed by atoms with Gasteiger partial charge in [0.1, 0.15) is 0 Å². The van der Waals surface area contributed by atoms with Crippen molar-refractivity contribution >= 4 is 5.78 Å². The van der Waals surface area contributed by atoms with Crippen molar-refractivity contribution in [1.82, 2.24) is 0 Å². The van der Waals surface area contributed by atoms with Crippen molar-refractivity contribution in [3.63, 3.8) is 0 Å². The predicted octanol–water partition coefficient (Wildman–Crippen LogP) is 2.57. The van der Waals surface area contributed by atoms with Crippen molar-refractivity contribution in [2.75, 3.05) is 0 Å². The highest BCUT2D eigenvalue weighted by Crippen LogP contribution is 1.98. The molecule has 0 amide bonds. The highest BCUT2D eigenvalue weighted by molar-refractivity contribution is 5.97. The molecule has 1 nitrogen and oxygen atoms in total. The van der Waals surface area contributed by atoms with E-state index in [1.165, 1.54) is 6.92 Å². The molecule has 0 radical (unpaired) electrons. The molecule has 0 saturated heterocycles. The van der Waals surface area contributed by atoms with Gasteiger partial charge in [-0.15, -0.1) is 0 Å². The minimum absolute atomic E-state index is 0.0101. The maximum atomic E-state index is 11.0. The van der Waals surface area contributed by atoms with Gasteiger partial charge < -0.3 is 0 Å². The van der Waals surface area contributed by atoms with Crippen molar-refractivity contribution in [1.29, 1.82) is 0 Å². The molecule has 70 valence electrons. The third kappa shape index (κ3) is 2.91. The SMILES string of the molecule is C/C=C(\C#Cc1ccccc1)C(C)=O. The Labute approximate surface area is 84.5 Å². The van der Waals surface area contributed by atoms with Crippen molar-refractivity contribution in [2.45, 2.75) is 13.8 Å². The lowest BCUT2D eigenvalue weighted by molar-refractivity contribution is -0.113. The van der Waals surface area contributed by atoms with Crippen LogP contribution < -0.4 is 0 Å². The Bertz CT molecular complexity index is 402. The molecule has 0 unspecified atom stereocenters. The summed E-state index contributed by atoms with van der Waals surface area (Å²) in [6.07, 6.45) is 1.73. The maximum Gasteiger partial charge on any atom is 0.167 e. The molecule has 0 saturated carbocycles. The first kappa shape index (κ1) is 10.3. The van der Waals surface area contributed by atoms with E-state index in [0.717, 1.165) is 5.56 Å². The minimum atomic E-state index is 0.0101. The summed E-state index contributed by atoms with van der Waals surface area (Å²) in [6.45, 7) is 3.34. The average molecular weight is 184 g/mol. The lowest BCUT2D eigenvalue weighted by atomic mass is 10.1. The zero-order chi connectivity index (χ0) is 10.4. The van der Waals surface area contributed by atoms with Crippen LogP contribution in [0.4, 0.5) is 0 Å². The number of allylic oxidation sites excluding steroid dienone is 2. The van der Waals surface area contributed by atoms with Crippen LogP contribution in [0.25, 0.3) is 0 Å². The van der Waals surface area contributed by atoms with E-state index >= 15 is 0 Å². The van der Waals surface area contributed by atoms with Crippen molar-refractivity contribution in [2.24, 2.45) is 0 Å². The Kier molecular flexibility index (Phi) is 3.69. The van der Waals surface area contributed by atoms with Crippen molar-refractivity contribution < 1.29 is 4.79 Å². The molecule has 14 heavy (non-hydrogen) atoms. The summed E-state index contributed by atoms with van der Waals surface area (Å²) in [4.78, 5) is 11.0. The Hall–Kier alpha value is -1.81. The highest BCUT2D eigenvalue weighted by atomic mass is 16.1. The molecule has 0 fully saturated rings. The van der Waals surface area contributed by atoms with Crippen LogP contribution in [0.15, 0.2) is 42.0 Å². The Morgan fingerprint density at radius 2 is 1.93 bits per heavy atom. The van der Waals surface area contributed by atoms with Gasteiger partial charge in [-0.25, -0.2) is 0 Å². The zero-order valence-electron chi connectivity index (χ0n) is 8.37. The number of carbonyl (C=O) groups excluding carboxylic acids is 1. The van der Waals surface area contributed by atoms with Crippen LogP contribution in [0.5, 0.6) is 0 Å². The summed E-state index contributed by atoms with van der Waals surface area (Å²) < 4.78 is 0. The van der Waals surface area contributed by atoms with Gasteiger partial charge in [-0.05, 0) is 26.0 Å². The summed E-state index contributed by atoms with van der Waals surface area (Å²) in [5.41, 5.74) is 1.49. The van der Waals surface area contributed by atoms with E-state index in [2.05, 4.69) is 11.8 Å². The summed E-state index contributed by atoms with van der Waals surface area (Å²) in [7, 11) is 0. The molecule has 1 aromatic rings. The van der Waals surface area contributed by atoms with E-state index in [0.29, 0.717) is 5.57 Å². The smallest absolute Gasteiger partial charge is 0.167 e. The number of rotatable bonds is 1. The molecule has 0 heterocycles. The number of hydrogen-bond donors (Lipinski definition) is 0. The molecule has 0 N–H and O–H groups in total. The van der Waals surface area contributed by atoms with Gasteiger partial charge in [-0.2, -0.15) is 0 Å². The van der Waals surface area contributed by atoms with Gasteiger partial charge in [0.05, 0.1) is 5.57 Å². The zero-order valence-corrected chi connectivity index (χ0v) is 8.37. The lowest BCUT2D eigenvalue weighted by Gasteiger charge is -1.89. The highest BCUT2D eigenvalue weighted by Gasteiger charge is 1.95. The summed E-state index contributed by atoms with van der Waals surface area (Å²) in [5.74, 6) is 5.79. The fourth-order valence-electron chi connectivity index (χ4n) is 1.02. The summed E-state index contributed by atoms with van der Waals surface area (Å²) in [5, 5.41) is 0. The van der Waals surface area contributed by atoms with E-state index in [1.54, 1.807) is 6.08 Å². The molecule has 0 spiro atoms. The van der Waals surface area contributed by atoms with Crippen molar-refractivity contribution in [3.05, 3.63) is 47.5 Å². The van der Waals surface area contributed by atoms with E-state index in [-0.39, 0.29) is 5.78 Å². The van der Waals surface area contributed by atoms with Crippen LogP contribution in [0.1, 0.15) is 19.4 Å². The molecule has 0 aliphatic rings. The Balaban J connectivity index is 2.88. The Morgan fingerprint density at radius 1 is 1.29 bits per heavy atom.